The molecule has 114 valence electrons. The van der Waals surface area contributed by atoms with E-state index < -0.39 is 0 Å². The van der Waals surface area contributed by atoms with E-state index in [1.807, 2.05) is 80.5 Å². The number of rotatable bonds is 3. The third kappa shape index (κ3) is 2.41. The van der Waals surface area contributed by atoms with E-state index in [-0.39, 0.29) is 12.1 Å². The molecule has 0 saturated heterocycles. The van der Waals surface area contributed by atoms with Gasteiger partial charge in [-0.1, -0.05) is 12.1 Å². The Hall–Kier alpha value is -2.49. The zero-order valence-electron chi connectivity index (χ0n) is 13.3. The van der Waals surface area contributed by atoms with Gasteiger partial charge in [-0.05, 0) is 35.9 Å². The molecule has 0 bridgehead atoms. The van der Waals surface area contributed by atoms with Crippen LogP contribution < -0.4 is 9.80 Å². The van der Waals surface area contributed by atoms with Crippen LogP contribution in [0.2, 0.25) is 0 Å². The molecular formula is C18H20N2O2. The largest absolute Gasteiger partial charge is 0.449 e. The lowest BCUT2D eigenvalue weighted by molar-refractivity contribution is 0.0456. The van der Waals surface area contributed by atoms with Crippen molar-refractivity contribution in [3.8, 4) is 0 Å². The Morgan fingerprint density at radius 3 is 2.05 bits per heavy atom. The maximum absolute atomic E-state index is 12.1. The minimum absolute atomic E-state index is 0.248. The van der Waals surface area contributed by atoms with Gasteiger partial charge in [-0.15, -0.1) is 0 Å². The van der Waals surface area contributed by atoms with E-state index in [1.165, 1.54) is 0 Å². The minimum atomic E-state index is -0.321. The van der Waals surface area contributed by atoms with Gasteiger partial charge in [0.25, 0.3) is 0 Å². The first-order valence-electron chi connectivity index (χ1n) is 7.27. The molecule has 22 heavy (non-hydrogen) atoms. The van der Waals surface area contributed by atoms with Crippen molar-refractivity contribution in [2.75, 3.05) is 38.0 Å². The highest BCUT2D eigenvalue weighted by molar-refractivity contribution is 5.95. The lowest BCUT2D eigenvalue weighted by Gasteiger charge is -2.17. The zero-order valence-corrected chi connectivity index (χ0v) is 13.3. The molecular weight excluding hydrogens is 276 g/mol. The van der Waals surface area contributed by atoms with Gasteiger partial charge < -0.3 is 14.5 Å². The van der Waals surface area contributed by atoms with Crippen LogP contribution in [0.4, 0.5) is 11.4 Å². The summed E-state index contributed by atoms with van der Waals surface area (Å²) < 4.78 is 5.58. The molecule has 2 aromatic rings. The van der Waals surface area contributed by atoms with Gasteiger partial charge in [0.05, 0.1) is 5.56 Å². The van der Waals surface area contributed by atoms with Crippen molar-refractivity contribution in [2.24, 2.45) is 0 Å². The quantitative estimate of drug-likeness (QED) is 0.815. The van der Waals surface area contributed by atoms with Crippen molar-refractivity contribution in [1.29, 1.82) is 0 Å². The van der Waals surface area contributed by atoms with Crippen LogP contribution in [0.3, 0.4) is 0 Å². The van der Waals surface area contributed by atoms with Crippen molar-refractivity contribution >= 4 is 17.3 Å². The zero-order chi connectivity index (χ0) is 15.9. The average Bonchev–Trinajstić information content (AvgIpc) is 2.84. The van der Waals surface area contributed by atoms with Gasteiger partial charge in [0, 0.05) is 45.1 Å². The minimum Gasteiger partial charge on any atom is -0.449 e. The first kappa shape index (κ1) is 14.4. The number of carbonyl (C=O) groups is 1. The van der Waals surface area contributed by atoms with Crippen LogP contribution in [-0.2, 0) is 4.74 Å². The van der Waals surface area contributed by atoms with E-state index in [1.54, 1.807) is 0 Å². The third-order valence-electron chi connectivity index (χ3n) is 3.99. The number of hydrogen-bond acceptors (Lipinski definition) is 4. The molecule has 4 heteroatoms. The molecule has 1 heterocycles. The lowest BCUT2D eigenvalue weighted by atomic mass is 9.98. The maximum atomic E-state index is 12.1. The van der Waals surface area contributed by atoms with Crippen LogP contribution in [0.25, 0.3) is 0 Å². The maximum Gasteiger partial charge on any atom is 0.339 e. The number of esters is 1. The van der Waals surface area contributed by atoms with Gasteiger partial charge in [0.15, 0.2) is 6.10 Å². The molecule has 1 unspecified atom stereocenters. The first-order valence-corrected chi connectivity index (χ1v) is 7.27. The van der Waals surface area contributed by atoms with Crippen LogP contribution >= 0.6 is 0 Å². The average molecular weight is 296 g/mol. The number of nitrogens with zero attached hydrogens (tertiary/aromatic N) is 2. The SMILES string of the molecule is CN(C)c1ccc(C2OC(=O)c3ccc(N(C)C)cc32)cc1. The van der Waals surface area contributed by atoms with Gasteiger partial charge in [-0.25, -0.2) is 4.79 Å². The summed E-state index contributed by atoms with van der Waals surface area (Å²) in [6.45, 7) is 0. The summed E-state index contributed by atoms with van der Waals surface area (Å²) in [4.78, 5) is 16.1. The van der Waals surface area contributed by atoms with Crippen LogP contribution in [-0.4, -0.2) is 34.2 Å². The number of anilines is 2. The molecule has 1 atom stereocenters. The Bertz CT molecular complexity index is 706. The highest BCUT2D eigenvalue weighted by Crippen LogP contribution is 2.38. The molecule has 3 rings (SSSR count). The standard InChI is InChI=1S/C18H20N2O2/c1-19(2)13-7-5-12(6-8-13)17-16-11-14(20(3)4)9-10-15(16)18(21)22-17/h5-11,17H,1-4H3. The molecule has 0 amide bonds. The van der Waals surface area contributed by atoms with Crippen molar-refractivity contribution in [3.05, 3.63) is 59.2 Å². The molecule has 1 aliphatic heterocycles. The molecule has 4 nitrogen and oxygen atoms in total. The predicted molar refractivity (Wildman–Crippen MR) is 88.8 cm³/mol. The van der Waals surface area contributed by atoms with Crippen LogP contribution in [0.1, 0.15) is 27.6 Å². The first-order chi connectivity index (χ1) is 10.5. The topological polar surface area (TPSA) is 32.8 Å². The van der Waals surface area contributed by atoms with Crippen LogP contribution in [0, 0.1) is 0 Å². The molecule has 0 fully saturated rings. The monoisotopic (exact) mass is 296 g/mol. The van der Waals surface area contributed by atoms with Crippen molar-refractivity contribution in [2.45, 2.75) is 6.10 Å². The predicted octanol–water partition coefficient (Wildman–Crippen LogP) is 3.08. The van der Waals surface area contributed by atoms with Crippen LogP contribution in [0.15, 0.2) is 42.5 Å². The van der Waals surface area contributed by atoms with Crippen molar-refractivity contribution in [3.63, 3.8) is 0 Å². The van der Waals surface area contributed by atoms with Gasteiger partial charge in [0.2, 0.25) is 0 Å². The van der Waals surface area contributed by atoms with E-state index in [0.717, 1.165) is 22.5 Å². The molecule has 0 aliphatic carbocycles. The number of carbonyl (C=O) groups excluding carboxylic acids is 1. The Labute approximate surface area is 130 Å². The summed E-state index contributed by atoms with van der Waals surface area (Å²) in [5.41, 5.74) is 4.77. The molecule has 0 saturated carbocycles. The number of hydrogen-bond donors (Lipinski definition) is 0. The highest BCUT2D eigenvalue weighted by Gasteiger charge is 2.32. The molecule has 0 N–H and O–H groups in total. The molecule has 0 spiro atoms. The summed E-state index contributed by atoms with van der Waals surface area (Å²) in [6, 6.07) is 13.9. The van der Waals surface area contributed by atoms with E-state index in [0.29, 0.717) is 5.56 Å². The summed E-state index contributed by atoms with van der Waals surface area (Å²) in [6.07, 6.45) is -0.321. The molecule has 0 radical (unpaired) electrons. The summed E-state index contributed by atoms with van der Waals surface area (Å²) in [5, 5.41) is 0. The van der Waals surface area contributed by atoms with Crippen LogP contribution in [0.5, 0.6) is 0 Å². The number of benzene rings is 2. The Morgan fingerprint density at radius 1 is 0.864 bits per heavy atom. The van der Waals surface area contributed by atoms with Gasteiger partial charge in [-0.2, -0.15) is 0 Å². The Kier molecular flexibility index (Phi) is 3.53. The number of ether oxygens (including phenoxy) is 1. The molecule has 0 aromatic heterocycles. The van der Waals surface area contributed by atoms with E-state index in [4.69, 9.17) is 4.74 Å². The second kappa shape index (κ2) is 5.37. The second-order valence-electron chi connectivity index (χ2n) is 5.94. The van der Waals surface area contributed by atoms with Gasteiger partial charge >= 0.3 is 5.97 Å². The molecule has 1 aliphatic rings. The summed E-state index contributed by atoms with van der Waals surface area (Å²) in [5.74, 6) is -0.248. The van der Waals surface area contributed by atoms with Crippen molar-refractivity contribution < 1.29 is 9.53 Å². The second-order valence-corrected chi connectivity index (χ2v) is 5.94. The van der Waals surface area contributed by atoms with E-state index >= 15 is 0 Å². The smallest absolute Gasteiger partial charge is 0.339 e. The third-order valence-corrected chi connectivity index (χ3v) is 3.99. The van der Waals surface area contributed by atoms with E-state index in [2.05, 4.69) is 0 Å². The summed E-state index contributed by atoms with van der Waals surface area (Å²) >= 11 is 0. The lowest BCUT2D eigenvalue weighted by Crippen LogP contribution is -2.10. The Morgan fingerprint density at radius 2 is 1.45 bits per heavy atom. The van der Waals surface area contributed by atoms with E-state index in [9.17, 15) is 4.79 Å². The fraction of sp³-hybridized carbons (Fsp3) is 0.278. The number of cyclic esters (lactones) is 1. The summed E-state index contributed by atoms with van der Waals surface area (Å²) in [7, 11) is 7.98. The highest BCUT2D eigenvalue weighted by atomic mass is 16.5. The number of fused-ring (bicyclic) bond motifs is 1. The van der Waals surface area contributed by atoms with Gasteiger partial charge in [0.1, 0.15) is 0 Å². The fourth-order valence-corrected chi connectivity index (χ4v) is 2.66. The van der Waals surface area contributed by atoms with Gasteiger partial charge in [-0.3, -0.25) is 0 Å². The Balaban J connectivity index is 2.00. The molecule has 2 aromatic carbocycles. The van der Waals surface area contributed by atoms with Crippen molar-refractivity contribution in [1.82, 2.24) is 0 Å². The normalized spacial score (nSPS) is 16.2. The fourth-order valence-electron chi connectivity index (χ4n) is 2.66.